The van der Waals surface area contributed by atoms with E-state index in [9.17, 15) is 13.2 Å². The molecule has 0 bridgehead atoms. The second-order valence-corrected chi connectivity index (χ2v) is 6.12. The number of carboxylic acids is 1. The summed E-state index contributed by atoms with van der Waals surface area (Å²) in [5.74, 6) is -0.582. The molecule has 0 saturated carbocycles. The number of hydrogen-bond donors (Lipinski definition) is 2. The highest BCUT2D eigenvalue weighted by Gasteiger charge is 2.30. The standard InChI is InChI=1S/C12H14N2O6S/c1-6-4-13-9(19-6)5-14-21(17,18)11-8(3)20-7(2)10(11)12(15)16/h4,14H,5H2,1-3H3,(H,15,16). The summed E-state index contributed by atoms with van der Waals surface area (Å²) in [6, 6.07) is 0. The van der Waals surface area contributed by atoms with E-state index in [1.807, 2.05) is 0 Å². The molecule has 21 heavy (non-hydrogen) atoms. The Morgan fingerprint density at radius 2 is 1.95 bits per heavy atom. The number of carbonyl (C=O) groups is 1. The molecule has 2 aromatic heterocycles. The summed E-state index contributed by atoms with van der Waals surface area (Å²) in [5.41, 5.74) is -0.372. The summed E-state index contributed by atoms with van der Waals surface area (Å²) in [7, 11) is -4.06. The van der Waals surface area contributed by atoms with Crippen LogP contribution in [0.5, 0.6) is 0 Å². The molecular formula is C12H14N2O6S. The van der Waals surface area contributed by atoms with Gasteiger partial charge in [-0.2, -0.15) is 0 Å². The summed E-state index contributed by atoms with van der Waals surface area (Å²) in [4.78, 5) is 14.7. The third kappa shape index (κ3) is 2.98. The topological polar surface area (TPSA) is 123 Å². The van der Waals surface area contributed by atoms with E-state index >= 15 is 0 Å². The van der Waals surface area contributed by atoms with Gasteiger partial charge in [0.15, 0.2) is 0 Å². The third-order valence-corrected chi connectivity index (χ3v) is 4.32. The van der Waals surface area contributed by atoms with Crippen molar-refractivity contribution in [3.8, 4) is 0 Å². The lowest BCUT2D eigenvalue weighted by molar-refractivity contribution is 0.0691. The van der Waals surface area contributed by atoms with Gasteiger partial charge in [-0.1, -0.05) is 0 Å². The van der Waals surface area contributed by atoms with Crippen LogP contribution in [0, 0.1) is 20.8 Å². The molecule has 0 amide bonds. The van der Waals surface area contributed by atoms with Gasteiger partial charge in [-0.25, -0.2) is 22.9 Å². The van der Waals surface area contributed by atoms with E-state index in [4.69, 9.17) is 13.9 Å². The molecule has 9 heteroatoms. The van der Waals surface area contributed by atoms with Crippen molar-refractivity contribution < 1.29 is 27.2 Å². The highest BCUT2D eigenvalue weighted by molar-refractivity contribution is 7.89. The molecule has 2 N–H and O–H groups in total. The van der Waals surface area contributed by atoms with Crippen LogP contribution in [0.4, 0.5) is 0 Å². The van der Waals surface area contributed by atoms with Crippen molar-refractivity contribution in [1.29, 1.82) is 0 Å². The van der Waals surface area contributed by atoms with Crippen molar-refractivity contribution in [2.75, 3.05) is 0 Å². The number of aromatic nitrogens is 1. The molecule has 0 fully saturated rings. The van der Waals surface area contributed by atoms with Crippen molar-refractivity contribution in [2.45, 2.75) is 32.2 Å². The Balaban J connectivity index is 2.34. The van der Waals surface area contributed by atoms with Crippen LogP contribution in [0.1, 0.15) is 33.5 Å². The lowest BCUT2D eigenvalue weighted by atomic mass is 10.2. The molecule has 2 aromatic rings. The van der Waals surface area contributed by atoms with E-state index in [1.54, 1.807) is 6.92 Å². The van der Waals surface area contributed by atoms with E-state index in [1.165, 1.54) is 20.0 Å². The number of oxazole rings is 1. The number of hydrogen-bond acceptors (Lipinski definition) is 6. The molecular weight excluding hydrogens is 300 g/mol. The minimum Gasteiger partial charge on any atom is -0.478 e. The molecule has 0 unspecified atom stereocenters. The Morgan fingerprint density at radius 3 is 2.48 bits per heavy atom. The van der Waals surface area contributed by atoms with Crippen LogP contribution < -0.4 is 4.72 Å². The SMILES string of the molecule is Cc1cnc(CNS(=O)(=O)c2c(C)oc(C)c2C(=O)O)o1. The van der Waals surface area contributed by atoms with Crippen LogP contribution in [0.25, 0.3) is 0 Å². The lowest BCUT2D eigenvalue weighted by Gasteiger charge is -2.05. The molecule has 0 aliphatic rings. The zero-order valence-electron chi connectivity index (χ0n) is 11.6. The molecule has 0 atom stereocenters. The summed E-state index contributed by atoms with van der Waals surface area (Å²) >= 11 is 0. The first kappa shape index (κ1) is 15.3. The van der Waals surface area contributed by atoms with Crippen molar-refractivity contribution in [3.05, 3.63) is 34.9 Å². The van der Waals surface area contributed by atoms with Crippen LogP contribution in [0.15, 0.2) is 19.9 Å². The van der Waals surface area contributed by atoms with Crippen LogP contribution in [-0.2, 0) is 16.6 Å². The van der Waals surface area contributed by atoms with Crippen molar-refractivity contribution in [2.24, 2.45) is 0 Å². The van der Waals surface area contributed by atoms with Gasteiger partial charge in [-0.3, -0.25) is 0 Å². The summed E-state index contributed by atoms with van der Waals surface area (Å²) < 4.78 is 37.0. The van der Waals surface area contributed by atoms with E-state index < -0.39 is 16.0 Å². The van der Waals surface area contributed by atoms with Gasteiger partial charge in [-0.15, -0.1) is 0 Å². The average Bonchev–Trinajstić information content (AvgIpc) is 2.90. The minimum absolute atomic E-state index is 0.0148. The Kier molecular flexibility index (Phi) is 3.88. The minimum atomic E-state index is -4.06. The van der Waals surface area contributed by atoms with Gasteiger partial charge in [0.1, 0.15) is 27.7 Å². The maximum atomic E-state index is 12.3. The van der Waals surface area contributed by atoms with Gasteiger partial charge in [0.2, 0.25) is 15.9 Å². The number of sulfonamides is 1. The molecule has 0 spiro atoms. The molecule has 0 aromatic carbocycles. The first-order chi connectivity index (χ1) is 9.72. The molecule has 114 valence electrons. The Hall–Kier alpha value is -2.13. The van der Waals surface area contributed by atoms with E-state index in [0.29, 0.717) is 5.76 Å². The van der Waals surface area contributed by atoms with Crippen LogP contribution in [-0.4, -0.2) is 24.5 Å². The van der Waals surface area contributed by atoms with Gasteiger partial charge < -0.3 is 13.9 Å². The Bertz CT molecular complexity index is 787. The van der Waals surface area contributed by atoms with Crippen molar-refractivity contribution in [3.63, 3.8) is 0 Å². The first-order valence-corrected chi connectivity index (χ1v) is 7.45. The van der Waals surface area contributed by atoms with Gasteiger partial charge in [-0.05, 0) is 20.8 Å². The Labute approximate surface area is 120 Å². The lowest BCUT2D eigenvalue weighted by Crippen LogP contribution is -2.25. The number of furan rings is 1. The summed E-state index contributed by atoms with van der Waals surface area (Å²) in [5, 5.41) is 9.13. The van der Waals surface area contributed by atoms with E-state index in [0.717, 1.165) is 0 Å². The molecule has 0 saturated heterocycles. The second kappa shape index (κ2) is 5.34. The average molecular weight is 314 g/mol. The first-order valence-electron chi connectivity index (χ1n) is 5.96. The fourth-order valence-corrected chi connectivity index (χ4v) is 3.32. The number of aryl methyl sites for hydroxylation is 3. The predicted octanol–water partition coefficient (Wildman–Crippen LogP) is 1.37. The number of aromatic carboxylic acids is 1. The van der Waals surface area contributed by atoms with Crippen LogP contribution in [0.3, 0.4) is 0 Å². The fourth-order valence-electron chi connectivity index (χ4n) is 1.95. The summed E-state index contributed by atoms with van der Waals surface area (Å²) in [6.45, 7) is 4.28. The second-order valence-electron chi connectivity index (χ2n) is 4.41. The normalized spacial score (nSPS) is 11.8. The largest absolute Gasteiger partial charge is 0.478 e. The quantitative estimate of drug-likeness (QED) is 0.854. The maximum absolute atomic E-state index is 12.3. The molecule has 8 nitrogen and oxygen atoms in total. The zero-order chi connectivity index (χ0) is 15.8. The molecule has 2 rings (SSSR count). The van der Waals surface area contributed by atoms with Crippen molar-refractivity contribution >= 4 is 16.0 Å². The number of nitrogens with one attached hydrogen (secondary N) is 1. The summed E-state index contributed by atoms with van der Waals surface area (Å²) in [6.07, 6.45) is 1.46. The molecule has 0 aliphatic carbocycles. The predicted molar refractivity (Wildman–Crippen MR) is 70.4 cm³/mol. The number of carboxylic acid groups (broad SMARTS) is 1. The molecule has 0 radical (unpaired) electrons. The van der Waals surface area contributed by atoms with Gasteiger partial charge in [0.05, 0.1) is 12.7 Å². The third-order valence-electron chi connectivity index (χ3n) is 2.77. The van der Waals surface area contributed by atoms with Crippen LogP contribution >= 0.6 is 0 Å². The monoisotopic (exact) mass is 314 g/mol. The zero-order valence-corrected chi connectivity index (χ0v) is 12.4. The highest BCUT2D eigenvalue weighted by atomic mass is 32.2. The van der Waals surface area contributed by atoms with E-state index in [-0.39, 0.29) is 34.4 Å². The fraction of sp³-hybridized carbons (Fsp3) is 0.333. The Morgan fingerprint density at radius 1 is 1.29 bits per heavy atom. The van der Waals surface area contributed by atoms with Gasteiger partial charge in [0, 0.05) is 0 Å². The smallest absolute Gasteiger partial charge is 0.340 e. The van der Waals surface area contributed by atoms with Crippen LogP contribution in [0.2, 0.25) is 0 Å². The van der Waals surface area contributed by atoms with Crippen molar-refractivity contribution in [1.82, 2.24) is 9.71 Å². The highest BCUT2D eigenvalue weighted by Crippen LogP contribution is 2.26. The maximum Gasteiger partial charge on any atom is 0.340 e. The van der Waals surface area contributed by atoms with Gasteiger partial charge in [0.25, 0.3) is 0 Å². The van der Waals surface area contributed by atoms with E-state index in [2.05, 4.69) is 9.71 Å². The molecule has 2 heterocycles. The van der Waals surface area contributed by atoms with Gasteiger partial charge >= 0.3 is 5.97 Å². The molecule has 0 aliphatic heterocycles. The number of nitrogens with zero attached hydrogens (tertiary/aromatic N) is 1. The number of rotatable bonds is 5.